The van der Waals surface area contributed by atoms with Gasteiger partial charge in [0.2, 0.25) is 0 Å². The van der Waals surface area contributed by atoms with Crippen molar-refractivity contribution in [3.8, 4) is 0 Å². The first-order chi connectivity index (χ1) is 9.37. The van der Waals surface area contributed by atoms with Gasteiger partial charge in [-0.3, -0.25) is 14.3 Å². The van der Waals surface area contributed by atoms with Gasteiger partial charge in [0.05, 0.1) is 12.1 Å². The third kappa shape index (κ3) is 2.49. The van der Waals surface area contributed by atoms with Crippen LogP contribution in [-0.4, -0.2) is 42.0 Å². The number of carbonyl (C=O) groups is 2. The SMILES string of the molecule is C=C[C@@H]1C[C@]1(CC(=O)[C@@H]1C(C)[C@@H](OC)CN1P)C(C)=O. The molecule has 2 rings (SSSR count). The summed E-state index contributed by atoms with van der Waals surface area (Å²) in [7, 11) is 4.30. The van der Waals surface area contributed by atoms with Crippen LogP contribution in [0.1, 0.15) is 26.7 Å². The molecule has 6 atom stereocenters. The van der Waals surface area contributed by atoms with Gasteiger partial charge in [-0.2, -0.15) is 0 Å². The minimum atomic E-state index is -0.477. The lowest BCUT2D eigenvalue weighted by atomic mass is 9.86. The highest BCUT2D eigenvalue weighted by atomic mass is 31.0. The fourth-order valence-corrected chi connectivity index (χ4v) is 4.20. The maximum absolute atomic E-state index is 12.7. The van der Waals surface area contributed by atoms with Gasteiger partial charge in [-0.15, -0.1) is 6.58 Å². The summed E-state index contributed by atoms with van der Waals surface area (Å²) in [6.45, 7) is 8.12. The Balaban J connectivity index is 2.09. The van der Waals surface area contributed by atoms with Crippen molar-refractivity contribution in [3.05, 3.63) is 12.7 Å². The van der Waals surface area contributed by atoms with Gasteiger partial charge in [-0.1, -0.05) is 22.4 Å². The van der Waals surface area contributed by atoms with Crippen LogP contribution in [0.5, 0.6) is 0 Å². The predicted octanol–water partition coefficient (Wildman–Crippen LogP) is 1.85. The lowest BCUT2D eigenvalue weighted by molar-refractivity contribution is -0.130. The fourth-order valence-electron chi connectivity index (χ4n) is 3.55. The lowest BCUT2D eigenvalue weighted by Gasteiger charge is -2.23. The van der Waals surface area contributed by atoms with Crippen LogP contribution >= 0.6 is 9.39 Å². The largest absolute Gasteiger partial charge is 0.380 e. The van der Waals surface area contributed by atoms with Crippen molar-refractivity contribution in [3.63, 3.8) is 0 Å². The van der Waals surface area contributed by atoms with Crippen LogP contribution in [0.4, 0.5) is 0 Å². The molecule has 1 aliphatic carbocycles. The van der Waals surface area contributed by atoms with E-state index in [0.29, 0.717) is 6.42 Å². The quantitative estimate of drug-likeness (QED) is 0.554. The number of hydrogen-bond donors (Lipinski definition) is 0. The molecule has 2 fully saturated rings. The Bertz CT molecular complexity index is 439. The molecule has 5 heteroatoms. The van der Waals surface area contributed by atoms with Crippen LogP contribution in [0.3, 0.4) is 0 Å². The molecule has 0 amide bonds. The molecule has 20 heavy (non-hydrogen) atoms. The number of ether oxygens (including phenoxy) is 1. The Kier molecular flexibility index (Phi) is 4.48. The normalized spacial score (nSPS) is 40.6. The van der Waals surface area contributed by atoms with Crippen LogP contribution in [0.25, 0.3) is 0 Å². The van der Waals surface area contributed by atoms with E-state index in [1.807, 2.05) is 17.7 Å². The van der Waals surface area contributed by atoms with Crippen molar-refractivity contribution < 1.29 is 14.3 Å². The summed E-state index contributed by atoms with van der Waals surface area (Å²) in [5.41, 5.74) is -0.477. The average Bonchev–Trinajstić information content (AvgIpc) is 3.02. The first-order valence-electron chi connectivity index (χ1n) is 7.07. The predicted molar refractivity (Wildman–Crippen MR) is 81.2 cm³/mol. The number of allylic oxidation sites excluding steroid dienone is 1. The number of hydrogen-bond acceptors (Lipinski definition) is 4. The number of Topliss-reactive ketones (excluding diaryl/α,β-unsaturated/α-hetero) is 2. The smallest absolute Gasteiger partial charge is 0.151 e. The molecule has 0 aromatic rings. The summed E-state index contributed by atoms with van der Waals surface area (Å²) in [6, 6.07) is -0.174. The monoisotopic (exact) mass is 297 g/mol. The molecule has 1 saturated carbocycles. The van der Waals surface area contributed by atoms with E-state index in [-0.39, 0.29) is 35.5 Å². The highest BCUT2D eigenvalue weighted by Crippen LogP contribution is 2.57. The van der Waals surface area contributed by atoms with Crippen molar-refractivity contribution in [1.82, 2.24) is 4.67 Å². The van der Waals surface area contributed by atoms with Crippen molar-refractivity contribution in [2.24, 2.45) is 17.3 Å². The van der Waals surface area contributed by atoms with Crippen LogP contribution in [-0.2, 0) is 14.3 Å². The first kappa shape index (κ1) is 15.8. The van der Waals surface area contributed by atoms with E-state index < -0.39 is 5.41 Å². The molecular weight excluding hydrogens is 273 g/mol. The number of ketones is 2. The topological polar surface area (TPSA) is 46.6 Å². The number of methoxy groups -OCH3 is 1. The zero-order valence-electron chi connectivity index (χ0n) is 12.5. The minimum absolute atomic E-state index is 0.0733. The Hall–Kier alpha value is -0.570. The Morgan fingerprint density at radius 3 is 2.60 bits per heavy atom. The second-order valence-corrected chi connectivity index (χ2v) is 6.84. The van der Waals surface area contributed by atoms with Crippen LogP contribution in [0, 0.1) is 17.3 Å². The van der Waals surface area contributed by atoms with Gasteiger partial charge in [0.15, 0.2) is 5.78 Å². The molecule has 1 heterocycles. The van der Waals surface area contributed by atoms with Crippen molar-refractivity contribution in [2.45, 2.75) is 38.8 Å². The Labute approximate surface area is 123 Å². The molecule has 0 N–H and O–H groups in total. The van der Waals surface area contributed by atoms with Gasteiger partial charge in [0.25, 0.3) is 0 Å². The summed E-state index contributed by atoms with van der Waals surface area (Å²) >= 11 is 0. The molecule has 0 spiro atoms. The second kappa shape index (κ2) is 5.67. The van der Waals surface area contributed by atoms with Gasteiger partial charge in [-0.25, -0.2) is 0 Å². The second-order valence-electron chi connectivity index (χ2n) is 6.18. The van der Waals surface area contributed by atoms with Gasteiger partial charge in [-0.05, 0) is 19.3 Å². The molecule has 2 aliphatic rings. The first-order valence-corrected chi connectivity index (χ1v) is 7.59. The Morgan fingerprint density at radius 1 is 1.55 bits per heavy atom. The summed E-state index contributed by atoms with van der Waals surface area (Å²) < 4.78 is 7.39. The molecule has 1 saturated heterocycles. The summed E-state index contributed by atoms with van der Waals surface area (Å²) in [5.74, 6) is 0.568. The van der Waals surface area contributed by atoms with Gasteiger partial charge < -0.3 is 4.74 Å². The Morgan fingerprint density at radius 2 is 2.20 bits per heavy atom. The molecular formula is C15H24NO3P. The highest BCUT2D eigenvalue weighted by molar-refractivity contribution is 7.13. The maximum atomic E-state index is 12.7. The maximum Gasteiger partial charge on any atom is 0.151 e. The van der Waals surface area contributed by atoms with Gasteiger partial charge in [0, 0.05) is 31.4 Å². The summed E-state index contributed by atoms with van der Waals surface area (Å²) in [6.07, 6.45) is 2.98. The highest BCUT2D eigenvalue weighted by Gasteiger charge is 2.58. The van der Waals surface area contributed by atoms with E-state index >= 15 is 0 Å². The molecule has 1 aliphatic heterocycles. The zero-order valence-corrected chi connectivity index (χ0v) is 13.6. The number of nitrogens with zero attached hydrogens (tertiary/aromatic N) is 1. The van der Waals surface area contributed by atoms with E-state index in [0.717, 1.165) is 13.0 Å². The standard InChI is InChI=1S/C15H24NO3P/c1-5-11-6-15(11,10(3)17)7-12(18)14-9(2)13(19-4)8-16(14)20/h5,9,11,13-14H,1,6-8,20H2,2-4H3/t9?,11-,13+,14+,15+/m1/s1. The van der Waals surface area contributed by atoms with E-state index in [9.17, 15) is 9.59 Å². The van der Waals surface area contributed by atoms with E-state index in [4.69, 9.17) is 4.74 Å². The summed E-state index contributed by atoms with van der Waals surface area (Å²) in [4.78, 5) is 24.5. The lowest BCUT2D eigenvalue weighted by Crippen LogP contribution is -2.36. The molecule has 0 aromatic carbocycles. The van der Waals surface area contributed by atoms with E-state index in [1.165, 1.54) is 0 Å². The molecule has 4 nitrogen and oxygen atoms in total. The van der Waals surface area contributed by atoms with E-state index in [2.05, 4.69) is 16.0 Å². The molecule has 112 valence electrons. The third-order valence-electron chi connectivity index (χ3n) is 5.07. The summed E-state index contributed by atoms with van der Waals surface area (Å²) in [5, 5.41) is 0. The van der Waals surface area contributed by atoms with E-state index in [1.54, 1.807) is 14.0 Å². The molecule has 0 bridgehead atoms. The van der Waals surface area contributed by atoms with Gasteiger partial charge in [0.1, 0.15) is 5.78 Å². The third-order valence-corrected chi connectivity index (χ3v) is 5.61. The number of rotatable bonds is 6. The average molecular weight is 297 g/mol. The fraction of sp³-hybridized carbons (Fsp3) is 0.733. The minimum Gasteiger partial charge on any atom is -0.380 e. The van der Waals surface area contributed by atoms with Crippen molar-refractivity contribution in [1.29, 1.82) is 0 Å². The van der Waals surface area contributed by atoms with Crippen molar-refractivity contribution >= 4 is 21.0 Å². The van der Waals surface area contributed by atoms with Crippen LogP contribution in [0.15, 0.2) is 12.7 Å². The number of carbonyl (C=O) groups excluding carboxylic acids is 2. The molecule has 0 aromatic heterocycles. The van der Waals surface area contributed by atoms with Crippen molar-refractivity contribution in [2.75, 3.05) is 13.7 Å². The van der Waals surface area contributed by atoms with Gasteiger partial charge >= 0.3 is 0 Å². The van der Waals surface area contributed by atoms with Crippen LogP contribution < -0.4 is 0 Å². The van der Waals surface area contributed by atoms with Crippen LogP contribution in [0.2, 0.25) is 0 Å². The molecule has 0 radical (unpaired) electrons. The zero-order chi connectivity index (χ0) is 15.1. The molecule has 2 unspecified atom stereocenters.